The summed E-state index contributed by atoms with van der Waals surface area (Å²) in [7, 11) is 0. The number of imide groups is 1. The first-order valence-corrected chi connectivity index (χ1v) is 9.06. The lowest BCUT2D eigenvalue weighted by Crippen LogP contribution is -2.35. The summed E-state index contributed by atoms with van der Waals surface area (Å²) < 4.78 is 13.9. The maximum absolute atomic E-state index is 13.3. The lowest BCUT2D eigenvalue weighted by Gasteiger charge is -2.17. The minimum Gasteiger partial charge on any atom is -0.298 e. The fourth-order valence-corrected chi connectivity index (χ4v) is 3.88. The predicted octanol–water partition coefficient (Wildman–Crippen LogP) is 3.69. The highest BCUT2D eigenvalue weighted by atomic mass is 32.1. The molecule has 1 N–H and O–H groups in total. The maximum atomic E-state index is 13.3. The minimum absolute atomic E-state index is 0.215. The summed E-state index contributed by atoms with van der Waals surface area (Å²) in [6.07, 6.45) is 0. The molecule has 2 aromatic carbocycles. The van der Waals surface area contributed by atoms with E-state index in [-0.39, 0.29) is 28.9 Å². The number of halogens is 1. The van der Waals surface area contributed by atoms with Gasteiger partial charge < -0.3 is 0 Å². The Morgan fingerprint density at radius 1 is 1.11 bits per heavy atom. The van der Waals surface area contributed by atoms with Crippen molar-refractivity contribution in [3.05, 3.63) is 58.9 Å². The van der Waals surface area contributed by atoms with Gasteiger partial charge in [-0.25, -0.2) is 9.37 Å². The number of rotatable bonds is 3. The molecule has 27 heavy (non-hydrogen) atoms. The zero-order valence-electron chi connectivity index (χ0n) is 14.4. The van der Waals surface area contributed by atoms with Crippen molar-refractivity contribution in [1.82, 2.24) is 9.88 Å². The Kier molecular flexibility index (Phi) is 4.00. The molecule has 3 amide bonds. The number of fused-ring (bicyclic) bond motifs is 2. The number of benzene rings is 2. The molecule has 0 fully saturated rings. The average Bonchev–Trinajstić information content (AvgIpc) is 3.12. The van der Waals surface area contributed by atoms with Crippen LogP contribution < -0.4 is 5.32 Å². The van der Waals surface area contributed by atoms with E-state index < -0.39 is 11.8 Å². The van der Waals surface area contributed by atoms with E-state index in [1.54, 1.807) is 13.8 Å². The molecule has 0 aliphatic carbocycles. The van der Waals surface area contributed by atoms with Crippen molar-refractivity contribution in [1.29, 1.82) is 0 Å². The normalized spacial score (nSPS) is 13.6. The second kappa shape index (κ2) is 6.24. The van der Waals surface area contributed by atoms with Gasteiger partial charge in [0.25, 0.3) is 17.7 Å². The van der Waals surface area contributed by atoms with Crippen LogP contribution in [0.1, 0.15) is 44.9 Å². The Labute approximate surface area is 157 Å². The lowest BCUT2D eigenvalue weighted by molar-refractivity contribution is 0.0609. The zero-order chi connectivity index (χ0) is 19.3. The van der Waals surface area contributed by atoms with Crippen LogP contribution in [0.5, 0.6) is 0 Å². The van der Waals surface area contributed by atoms with E-state index in [0.717, 1.165) is 11.3 Å². The zero-order valence-corrected chi connectivity index (χ0v) is 15.3. The van der Waals surface area contributed by atoms with Crippen molar-refractivity contribution in [3.63, 3.8) is 0 Å². The van der Waals surface area contributed by atoms with Gasteiger partial charge in [-0.2, -0.15) is 0 Å². The van der Waals surface area contributed by atoms with Gasteiger partial charge in [-0.3, -0.25) is 24.6 Å². The summed E-state index contributed by atoms with van der Waals surface area (Å²) in [6.45, 7) is 3.51. The number of anilines is 1. The number of aromatic nitrogens is 1. The summed E-state index contributed by atoms with van der Waals surface area (Å²) in [6, 6.07) is 8.33. The van der Waals surface area contributed by atoms with Crippen LogP contribution in [0, 0.1) is 5.82 Å². The molecule has 0 spiro atoms. The van der Waals surface area contributed by atoms with Crippen molar-refractivity contribution < 1.29 is 18.8 Å². The molecular formula is C19H14FN3O3S. The summed E-state index contributed by atoms with van der Waals surface area (Å²) >= 11 is 1.15. The molecule has 4 rings (SSSR count). The van der Waals surface area contributed by atoms with Crippen LogP contribution in [-0.4, -0.2) is 33.6 Å². The van der Waals surface area contributed by atoms with Crippen LogP contribution in [0.15, 0.2) is 36.4 Å². The van der Waals surface area contributed by atoms with E-state index in [1.165, 1.54) is 41.3 Å². The summed E-state index contributed by atoms with van der Waals surface area (Å²) in [5.41, 5.74) is 1.33. The fourth-order valence-electron chi connectivity index (χ4n) is 2.99. The number of hydrogen-bond acceptors (Lipinski definition) is 5. The third-order valence-corrected chi connectivity index (χ3v) is 5.20. The SMILES string of the molecule is CC(C)N1C(=O)c2ccc(C(=O)Nc3nc4ccc(F)cc4s3)cc2C1=O. The summed E-state index contributed by atoms with van der Waals surface area (Å²) in [5.74, 6) is -1.60. The molecule has 0 bridgehead atoms. The van der Waals surface area contributed by atoms with Gasteiger partial charge in [0.2, 0.25) is 0 Å². The Morgan fingerprint density at radius 2 is 1.85 bits per heavy atom. The average molecular weight is 383 g/mol. The number of thiazole rings is 1. The highest BCUT2D eigenvalue weighted by Gasteiger charge is 2.37. The van der Waals surface area contributed by atoms with Crippen LogP contribution in [0.25, 0.3) is 10.2 Å². The van der Waals surface area contributed by atoms with Gasteiger partial charge in [0.1, 0.15) is 5.82 Å². The van der Waals surface area contributed by atoms with Gasteiger partial charge in [0.15, 0.2) is 5.13 Å². The number of hydrogen-bond donors (Lipinski definition) is 1. The molecule has 1 aromatic heterocycles. The van der Waals surface area contributed by atoms with Gasteiger partial charge in [0, 0.05) is 11.6 Å². The number of carbonyl (C=O) groups excluding carboxylic acids is 3. The first kappa shape index (κ1) is 17.3. The highest BCUT2D eigenvalue weighted by molar-refractivity contribution is 7.22. The van der Waals surface area contributed by atoms with Crippen LogP contribution in [0.3, 0.4) is 0 Å². The van der Waals surface area contributed by atoms with Crippen LogP contribution in [0.4, 0.5) is 9.52 Å². The first-order valence-electron chi connectivity index (χ1n) is 8.24. The van der Waals surface area contributed by atoms with Crippen LogP contribution in [0.2, 0.25) is 0 Å². The molecule has 1 aliphatic heterocycles. The van der Waals surface area contributed by atoms with Crippen LogP contribution in [-0.2, 0) is 0 Å². The molecule has 136 valence electrons. The Hall–Kier alpha value is -3.13. The van der Waals surface area contributed by atoms with E-state index in [1.807, 2.05) is 0 Å². The second-order valence-corrected chi connectivity index (χ2v) is 7.45. The smallest absolute Gasteiger partial charge is 0.261 e. The lowest BCUT2D eigenvalue weighted by atomic mass is 10.1. The Balaban J connectivity index is 1.62. The third kappa shape index (κ3) is 2.87. The van der Waals surface area contributed by atoms with E-state index in [9.17, 15) is 18.8 Å². The molecule has 6 nitrogen and oxygen atoms in total. The van der Waals surface area contributed by atoms with E-state index in [4.69, 9.17) is 0 Å². The Morgan fingerprint density at radius 3 is 2.59 bits per heavy atom. The van der Waals surface area contributed by atoms with Gasteiger partial charge in [-0.1, -0.05) is 11.3 Å². The molecule has 8 heteroatoms. The van der Waals surface area contributed by atoms with Crippen molar-refractivity contribution in [2.24, 2.45) is 0 Å². The van der Waals surface area contributed by atoms with Gasteiger partial charge in [-0.15, -0.1) is 0 Å². The van der Waals surface area contributed by atoms with Crippen molar-refractivity contribution in [2.75, 3.05) is 5.32 Å². The Bertz CT molecular complexity index is 1120. The molecule has 2 heterocycles. The molecule has 0 saturated carbocycles. The standard InChI is InChI=1S/C19H14FN3O3S/c1-9(2)23-17(25)12-5-3-10(7-13(12)18(23)26)16(24)22-19-21-14-6-4-11(20)8-15(14)27-19/h3-9H,1-2H3,(H,21,22,24). The monoisotopic (exact) mass is 383 g/mol. The fraction of sp³-hybridized carbons (Fsp3) is 0.158. The topological polar surface area (TPSA) is 79.4 Å². The maximum Gasteiger partial charge on any atom is 0.261 e. The third-order valence-electron chi connectivity index (χ3n) is 4.27. The molecule has 3 aromatic rings. The minimum atomic E-state index is -0.458. The first-order chi connectivity index (χ1) is 12.8. The van der Waals surface area contributed by atoms with Crippen molar-refractivity contribution >= 4 is 44.4 Å². The number of carbonyl (C=O) groups is 3. The molecule has 1 aliphatic rings. The highest BCUT2D eigenvalue weighted by Crippen LogP contribution is 2.28. The quantitative estimate of drug-likeness (QED) is 0.700. The largest absolute Gasteiger partial charge is 0.298 e. The molecular weight excluding hydrogens is 369 g/mol. The molecule has 0 atom stereocenters. The predicted molar refractivity (Wildman–Crippen MR) is 99.6 cm³/mol. The van der Waals surface area contributed by atoms with Crippen molar-refractivity contribution in [2.45, 2.75) is 19.9 Å². The second-order valence-electron chi connectivity index (χ2n) is 6.42. The van der Waals surface area contributed by atoms with Gasteiger partial charge in [-0.05, 0) is 50.2 Å². The number of amides is 3. The van der Waals surface area contributed by atoms with Crippen molar-refractivity contribution in [3.8, 4) is 0 Å². The van der Waals surface area contributed by atoms with Crippen LogP contribution >= 0.6 is 11.3 Å². The number of nitrogens with one attached hydrogen (secondary N) is 1. The number of nitrogens with zero attached hydrogens (tertiary/aromatic N) is 2. The van der Waals surface area contributed by atoms with E-state index in [2.05, 4.69) is 10.3 Å². The summed E-state index contributed by atoms with van der Waals surface area (Å²) in [4.78, 5) is 42.7. The summed E-state index contributed by atoms with van der Waals surface area (Å²) in [5, 5.41) is 2.98. The molecule has 0 unspecified atom stereocenters. The van der Waals surface area contributed by atoms with Gasteiger partial charge >= 0.3 is 0 Å². The van der Waals surface area contributed by atoms with Gasteiger partial charge in [0.05, 0.1) is 21.3 Å². The van der Waals surface area contributed by atoms with E-state index >= 15 is 0 Å². The molecule has 0 saturated heterocycles. The molecule has 0 radical (unpaired) electrons. The van der Waals surface area contributed by atoms with E-state index in [0.29, 0.717) is 20.9 Å².